The number of methoxy groups -OCH3 is 2. The summed E-state index contributed by atoms with van der Waals surface area (Å²) in [5.74, 6) is -1.25. The number of amides is 2. The first-order valence-corrected chi connectivity index (χ1v) is 6.73. The molecule has 22 heavy (non-hydrogen) atoms. The molecule has 7 nitrogen and oxygen atoms in total. The van der Waals surface area contributed by atoms with Gasteiger partial charge >= 0.3 is 12.1 Å². The van der Waals surface area contributed by atoms with Crippen molar-refractivity contribution in [1.82, 2.24) is 9.80 Å². The van der Waals surface area contributed by atoms with Crippen LogP contribution in [0.1, 0.15) is 13.8 Å². The molecule has 0 fully saturated rings. The number of likely N-dealkylation sites (N-methyl/N-ethyl adjacent to an activating group) is 1. The average Bonchev–Trinajstić information content (AvgIpc) is 2.51. The second kappa shape index (κ2) is 6.64. The normalized spacial score (nSPS) is 17.6. The summed E-state index contributed by atoms with van der Waals surface area (Å²) in [6.07, 6.45) is 3.89. The molecule has 2 amide bonds. The molecule has 0 spiro atoms. The Hall–Kier alpha value is -2.31. The Kier molecular flexibility index (Phi) is 5.35. The van der Waals surface area contributed by atoms with Gasteiger partial charge in [-0.1, -0.05) is 6.08 Å². The van der Waals surface area contributed by atoms with E-state index >= 15 is 0 Å². The van der Waals surface area contributed by atoms with Crippen molar-refractivity contribution >= 4 is 18.0 Å². The van der Waals surface area contributed by atoms with Gasteiger partial charge in [0, 0.05) is 38.0 Å². The lowest BCUT2D eigenvalue weighted by atomic mass is 9.73. The van der Waals surface area contributed by atoms with Crippen LogP contribution in [0.3, 0.4) is 0 Å². The van der Waals surface area contributed by atoms with E-state index in [-0.39, 0.29) is 5.91 Å². The lowest BCUT2D eigenvalue weighted by molar-refractivity contribution is -0.152. The van der Waals surface area contributed by atoms with Gasteiger partial charge in [0.25, 0.3) is 5.91 Å². The van der Waals surface area contributed by atoms with Crippen molar-refractivity contribution in [3.05, 3.63) is 24.0 Å². The van der Waals surface area contributed by atoms with Crippen LogP contribution in [0.2, 0.25) is 0 Å². The number of nitrogens with zero attached hydrogens (tertiary/aromatic N) is 2. The molecular weight excluding hydrogens is 288 g/mol. The van der Waals surface area contributed by atoms with Gasteiger partial charge in [-0.05, 0) is 13.8 Å². The third-order valence-corrected chi connectivity index (χ3v) is 3.58. The average molecular weight is 310 g/mol. The first kappa shape index (κ1) is 17.7. The van der Waals surface area contributed by atoms with E-state index in [0.29, 0.717) is 5.57 Å². The molecule has 0 saturated heterocycles. The summed E-state index contributed by atoms with van der Waals surface area (Å²) in [5, 5.41) is 0. The third-order valence-electron chi connectivity index (χ3n) is 3.58. The van der Waals surface area contributed by atoms with Gasteiger partial charge < -0.3 is 14.4 Å². The highest BCUT2D eigenvalue weighted by molar-refractivity contribution is 5.96. The SMILES string of the molecule is COC(=O)N1C=C[C@@H](C(C)(C)C(=O)OC)C(C(=O)N(C)C)=C1. The largest absolute Gasteiger partial charge is 0.469 e. The van der Waals surface area contributed by atoms with E-state index in [4.69, 9.17) is 4.74 Å². The van der Waals surface area contributed by atoms with E-state index < -0.39 is 23.4 Å². The predicted molar refractivity (Wildman–Crippen MR) is 79.4 cm³/mol. The Bertz CT molecular complexity index is 534. The standard InChI is InChI=1S/C15H22N2O5/c1-15(2,13(19)21-5)11-7-8-17(14(20)22-6)9-10(11)12(18)16(3)4/h7-9,11H,1-6H3/t11-/m1/s1. The fraction of sp³-hybridized carbons (Fsp3) is 0.533. The Morgan fingerprint density at radius 3 is 2.23 bits per heavy atom. The minimum absolute atomic E-state index is 0.291. The molecule has 0 aromatic carbocycles. The molecule has 122 valence electrons. The van der Waals surface area contributed by atoms with E-state index in [9.17, 15) is 14.4 Å². The van der Waals surface area contributed by atoms with Crippen LogP contribution in [0.15, 0.2) is 24.0 Å². The lowest BCUT2D eigenvalue weighted by Gasteiger charge is -2.34. The van der Waals surface area contributed by atoms with E-state index in [0.717, 1.165) is 0 Å². The van der Waals surface area contributed by atoms with E-state index in [1.807, 2.05) is 0 Å². The summed E-state index contributed by atoms with van der Waals surface area (Å²) >= 11 is 0. The summed E-state index contributed by atoms with van der Waals surface area (Å²) in [6.45, 7) is 3.39. The highest BCUT2D eigenvalue weighted by Gasteiger charge is 2.42. The number of allylic oxidation sites excluding steroid dienone is 1. The van der Waals surface area contributed by atoms with Gasteiger partial charge in [0.1, 0.15) is 0 Å². The predicted octanol–water partition coefficient (Wildman–Crippen LogP) is 1.37. The Morgan fingerprint density at radius 1 is 1.18 bits per heavy atom. The second-order valence-electron chi connectivity index (χ2n) is 5.69. The third kappa shape index (κ3) is 3.29. The van der Waals surface area contributed by atoms with E-state index in [1.165, 1.54) is 36.4 Å². The summed E-state index contributed by atoms with van der Waals surface area (Å²) in [7, 11) is 5.76. The van der Waals surface area contributed by atoms with Gasteiger partial charge in [0.05, 0.1) is 19.6 Å². The molecule has 1 aliphatic heterocycles. The van der Waals surface area contributed by atoms with Crippen molar-refractivity contribution in [2.75, 3.05) is 28.3 Å². The Labute approximate surface area is 130 Å². The molecule has 0 unspecified atom stereocenters. The number of carbonyl (C=O) groups is 3. The second-order valence-corrected chi connectivity index (χ2v) is 5.69. The van der Waals surface area contributed by atoms with E-state index in [1.54, 1.807) is 34.0 Å². The van der Waals surface area contributed by atoms with Crippen molar-refractivity contribution in [1.29, 1.82) is 0 Å². The van der Waals surface area contributed by atoms with Crippen molar-refractivity contribution in [3.63, 3.8) is 0 Å². The zero-order valence-corrected chi connectivity index (χ0v) is 13.7. The summed E-state index contributed by atoms with van der Waals surface area (Å²) in [5.41, 5.74) is -0.640. The molecule has 1 atom stereocenters. The van der Waals surface area contributed by atoms with Gasteiger partial charge in [-0.25, -0.2) is 4.79 Å². The number of rotatable bonds is 3. The van der Waals surface area contributed by atoms with Crippen LogP contribution < -0.4 is 0 Å². The van der Waals surface area contributed by atoms with Crippen molar-refractivity contribution < 1.29 is 23.9 Å². The summed E-state index contributed by atoms with van der Waals surface area (Å²) in [6, 6.07) is 0. The smallest absolute Gasteiger partial charge is 0.417 e. The van der Waals surface area contributed by atoms with Gasteiger partial charge in [-0.2, -0.15) is 0 Å². The fourth-order valence-corrected chi connectivity index (χ4v) is 2.24. The highest BCUT2D eigenvalue weighted by atomic mass is 16.5. The van der Waals surface area contributed by atoms with Gasteiger partial charge in [-0.3, -0.25) is 14.5 Å². The minimum atomic E-state index is -0.953. The van der Waals surface area contributed by atoms with Gasteiger partial charge in [-0.15, -0.1) is 0 Å². The molecule has 0 radical (unpaired) electrons. The molecule has 0 aromatic heterocycles. The lowest BCUT2D eigenvalue weighted by Crippen LogP contribution is -2.41. The van der Waals surface area contributed by atoms with Crippen molar-refractivity contribution in [3.8, 4) is 0 Å². The summed E-state index contributed by atoms with van der Waals surface area (Å²) < 4.78 is 9.46. The van der Waals surface area contributed by atoms with Crippen LogP contribution in [0.5, 0.6) is 0 Å². The zero-order chi connectivity index (χ0) is 17.1. The number of ether oxygens (including phenoxy) is 2. The maximum Gasteiger partial charge on any atom is 0.417 e. The molecular formula is C15H22N2O5. The van der Waals surface area contributed by atoms with Crippen molar-refractivity contribution in [2.45, 2.75) is 13.8 Å². The Balaban J connectivity index is 3.28. The zero-order valence-electron chi connectivity index (χ0n) is 13.7. The maximum atomic E-state index is 12.4. The molecule has 0 N–H and O–H groups in total. The first-order chi connectivity index (χ1) is 10.2. The minimum Gasteiger partial charge on any atom is -0.469 e. The van der Waals surface area contributed by atoms with Crippen LogP contribution in [0.4, 0.5) is 4.79 Å². The molecule has 0 saturated carbocycles. The quantitative estimate of drug-likeness (QED) is 0.736. The van der Waals surface area contributed by atoms with E-state index in [2.05, 4.69) is 4.74 Å². The number of hydrogen-bond acceptors (Lipinski definition) is 5. The van der Waals surface area contributed by atoms with Crippen LogP contribution in [0.25, 0.3) is 0 Å². The van der Waals surface area contributed by atoms with Crippen LogP contribution in [0, 0.1) is 11.3 Å². The monoisotopic (exact) mass is 310 g/mol. The van der Waals surface area contributed by atoms with Gasteiger partial charge in [0.2, 0.25) is 0 Å². The Morgan fingerprint density at radius 2 is 1.77 bits per heavy atom. The summed E-state index contributed by atoms with van der Waals surface area (Å²) in [4.78, 5) is 38.6. The molecule has 0 aromatic rings. The molecule has 0 aliphatic carbocycles. The molecule has 0 bridgehead atoms. The topological polar surface area (TPSA) is 76.1 Å². The highest BCUT2D eigenvalue weighted by Crippen LogP contribution is 2.37. The molecule has 1 heterocycles. The molecule has 1 aliphatic rings. The molecule has 1 rings (SSSR count). The maximum absolute atomic E-state index is 12.4. The van der Waals surface area contributed by atoms with Crippen molar-refractivity contribution in [2.24, 2.45) is 11.3 Å². The van der Waals surface area contributed by atoms with Crippen LogP contribution >= 0.6 is 0 Å². The number of carbonyl (C=O) groups excluding carboxylic acids is 3. The van der Waals surface area contributed by atoms with Crippen LogP contribution in [-0.4, -0.2) is 56.1 Å². The fourth-order valence-electron chi connectivity index (χ4n) is 2.24. The molecule has 7 heteroatoms. The van der Waals surface area contributed by atoms with Gasteiger partial charge in [0.15, 0.2) is 0 Å². The first-order valence-electron chi connectivity index (χ1n) is 6.73. The van der Waals surface area contributed by atoms with Crippen LogP contribution in [-0.2, 0) is 19.1 Å². The number of esters is 1. The number of hydrogen-bond donors (Lipinski definition) is 0.